The molecular formula is C24H20FN3O3. The largest absolute Gasteiger partial charge is 0.486 e. The molecule has 0 saturated heterocycles. The molecule has 1 N–H and O–H groups in total. The number of rotatable bonds is 5. The average Bonchev–Trinajstić information content (AvgIpc) is 3.46. The number of benzene rings is 1. The molecule has 0 saturated carbocycles. The maximum absolute atomic E-state index is 13.0. The highest BCUT2D eigenvalue weighted by Gasteiger charge is 2.23. The summed E-state index contributed by atoms with van der Waals surface area (Å²) in [5.41, 5.74) is 3.20. The van der Waals surface area contributed by atoms with Crippen LogP contribution in [-0.2, 0) is 6.61 Å². The summed E-state index contributed by atoms with van der Waals surface area (Å²) in [5.74, 6) is 0.882. The molecule has 5 rings (SSSR count). The molecule has 3 aromatic heterocycles. The Morgan fingerprint density at radius 2 is 2.06 bits per heavy atom. The van der Waals surface area contributed by atoms with Crippen molar-refractivity contribution < 1.29 is 18.3 Å². The summed E-state index contributed by atoms with van der Waals surface area (Å²) in [5, 5.41) is 1.09. The number of carbonyl (C=O) groups is 1. The van der Waals surface area contributed by atoms with E-state index in [1.165, 1.54) is 17.7 Å². The standard InChI is InChI=1S/C24H20FN3O3/c25-17-3-5-18(6-4-17)30-15-19-7-8-22(31-19)24(29)28-12-9-16(10-13-28)21-14-27-23-20(21)2-1-11-26-23/h1-9,11,14H,10,12-13,15H2,(H,26,27). The van der Waals surface area contributed by atoms with Gasteiger partial charge in [0.05, 0.1) is 0 Å². The first-order chi connectivity index (χ1) is 15.2. The van der Waals surface area contributed by atoms with E-state index >= 15 is 0 Å². The lowest BCUT2D eigenvalue weighted by Gasteiger charge is -2.25. The van der Waals surface area contributed by atoms with Gasteiger partial charge in [0.25, 0.3) is 5.91 Å². The SMILES string of the molecule is O=C(c1ccc(COc2ccc(F)cc2)o1)N1CC=C(c2c[nH]c3ncccc23)CC1. The van der Waals surface area contributed by atoms with E-state index in [9.17, 15) is 9.18 Å². The Labute approximate surface area is 178 Å². The lowest BCUT2D eigenvalue weighted by Crippen LogP contribution is -2.34. The highest BCUT2D eigenvalue weighted by atomic mass is 19.1. The van der Waals surface area contributed by atoms with Gasteiger partial charge >= 0.3 is 0 Å². The molecule has 4 heterocycles. The summed E-state index contributed by atoms with van der Waals surface area (Å²) >= 11 is 0. The number of pyridine rings is 1. The predicted octanol–water partition coefficient (Wildman–Crippen LogP) is 4.80. The highest BCUT2D eigenvalue weighted by molar-refractivity contribution is 5.94. The van der Waals surface area contributed by atoms with E-state index in [2.05, 4.69) is 16.0 Å². The third-order valence-electron chi connectivity index (χ3n) is 5.36. The number of carbonyl (C=O) groups excluding carboxylic acids is 1. The van der Waals surface area contributed by atoms with Gasteiger partial charge in [-0.25, -0.2) is 9.37 Å². The van der Waals surface area contributed by atoms with Gasteiger partial charge in [0.2, 0.25) is 0 Å². The van der Waals surface area contributed by atoms with Crippen molar-refractivity contribution in [3.05, 3.63) is 89.9 Å². The summed E-state index contributed by atoms with van der Waals surface area (Å²) < 4.78 is 24.2. The fourth-order valence-electron chi connectivity index (χ4n) is 3.73. The Kier molecular flexibility index (Phi) is 5.00. The van der Waals surface area contributed by atoms with Crippen LogP contribution in [-0.4, -0.2) is 33.9 Å². The minimum Gasteiger partial charge on any atom is -0.486 e. The second kappa shape index (κ2) is 8.10. The van der Waals surface area contributed by atoms with Crippen LogP contribution in [0.25, 0.3) is 16.6 Å². The Morgan fingerprint density at radius 1 is 1.19 bits per heavy atom. The van der Waals surface area contributed by atoms with Crippen molar-refractivity contribution in [3.63, 3.8) is 0 Å². The first-order valence-electron chi connectivity index (χ1n) is 10.1. The zero-order chi connectivity index (χ0) is 21.2. The smallest absolute Gasteiger partial charge is 0.289 e. The first kappa shape index (κ1) is 19.1. The first-order valence-corrected chi connectivity index (χ1v) is 10.1. The second-order valence-electron chi connectivity index (χ2n) is 7.34. The summed E-state index contributed by atoms with van der Waals surface area (Å²) in [7, 11) is 0. The molecule has 31 heavy (non-hydrogen) atoms. The maximum atomic E-state index is 13.0. The Morgan fingerprint density at radius 3 is 2.87 bits per heavy atom. The van der Waals surface area contributed by atoms with Crippen LogP contribution >= 0.6 is 0 Å². The van der Waals surface area contributed by atoms with E-state index in [4.69, 9.17) is 9.15 Å². The molecule has 0 bridgehead atoms. The quantitative estimate of drug-likeness (QED) is 0.506. The van der Waals surface area contributed by atoms with Crippen LogP contribution in [0.15, 0.2) is 71.4 Å². The van der Waals surface area contributed by atoms with E-state index in [-0.39, 0.29) is 24.1 Å². The van der Waals surface area contributed by atoms with Crippen molar-refractivity contribution in [2.45, 2.75) is 13.0 Å². The van der Waals surface area contributed by atoms with Crippen LogP contribution in [0.4, 0.5) is 4.39 Å². The lowest BCUT2D eigenvalue weighted by molar-refractivity contribution is 0.0737. The minimum absolute atomic E-state index is 0.149. The van der Waals surface area contributed by atoms with Crippen LogP contribution in [0.5, 0.6) is 5.75 Å². The van der Waals surface area contributed by atoms with Crippen LogP contribution in [0.3, 0.4) is 0 Å². The third-order valence-corrected chi connectivity index (χ3v) is 5.36. The Balaban J connectivity index is 1.23. The van der Waals surface area contributed by atoms with E-state index in [1.807, 2.05) is 18.3 Å². The Bertz CT molecular complexity index is 1260. The Hall–Kier alpha value is -3.87. The van der Waals surface area contributed by atoms with Crippen LogP contribution in [0.1, 0.15) is 28.3 Å². The second-order valence-corrected chi connectivity index (χ2v) is 7.34. The summed E-state index contributed by atoms with van der Waals surface area (Å²) in [6, 6.07) is 13.1. The number of amides is 1. The molecule has 0 unspecified atom stereocenters. The zero-order valence-electron chi connectivity index (χ0n) is 16.7. The van der Waals surface area contributed by atoms with Crippen molar-refractivity contribution in [2.75, 3.05) is 13.1 Å². The van der Waals surface area contributed by atoms with E-state index in [0.717, 1.165) is 23.0 Å². The van der Waals surface area contributed by atoms with Crippen LogP contribution < -0.4 is 4.74 Å². The summed E-state index contributed by atoms with van der Waals surface area (Å²) in [6.07, 6.45) is 6.58. The number of hydrogen-bond acceptors (Lipinski definition) is 4. The molecular weight excluding hydrogens is 397 g/mol. The van der Waals surface area contributed by atoms with E-state index in [1.54, 1.807) is 35.4 Å². The number of fused-ring (bicyclic) bond motifs is 1. The molecule has 0 spiro atoms. The van der Waals surface area contributed by atoms with Crippen molar-refractivity contribution in [3.8, 4) is 5.75 Å². The molecule has 1 aliphatic heterocycles. The molecule has 4 aromatic rings. The maximum Gasteiger partial charge on any atom is 0.289 e. The van der Waals surface area contributed by atoms with Gasteiger partial charge in [-0.1, -0.05) is 6.08 Å². The van der Waals surface area contributed by atoms with Crippen molar-refractivity contribution in [1.29, 1.82) is 0 Å². The molecule has 6 nitrogen and oxygen atoms in total. The van der Waals surface area contributed by atoms with Crippen LogP contribution in [0.2, 0.25) is 0 Å². The van der Waals surface area contributed by atoms with Gasteiger partial charge in [0.1, 0.15) is 29.6 Å². The van der Waals surface area contributed by atoms with Crippen molar-refractivity contribution in [2.24, 2.45) is 0 Å². The molecule has 0 radical (unpaired) electrons. The fourth-order valence-corrected chi connectivity index (χ4v) is 3.73. The third kappa shape index (κ3) is 3.94. The predicted molar refractivity (Wildman–Crippen MR) is 114 cm³/mol. The van der Waals surface area contributed by atoms with Gasteiger partial charge in [-0.05, 0) is 60.5 Å². The number of H-pyrrole nitrogens is 1. The molecule has 0 fully saturated rings. The lowest BCUT2D eigenvalue weighted by atomic mass is 9.99. The normalized spacial score (nSPS) is 14.0. The van der Waals surface area contributed by atoms with Gasteiger partial charge < -0.3 is 19.0 Å². The van der Waals surface area contributed by atoms with Gasteiger partial charge in [0, 0.05) is 36.4 Å². The number of furan rings is 1. The molecule has 0 atom stereocenters. The van der Waals surface area contributed by atoms with Crippen molar-refractivity contribution in [1.82, 2.24) is 14.9 Å². The van der Waals surface area contributed by atoms with Crippen molar-refractivity contribution >= 4 is 22.5 Å². The molecule has 1 aliphatic rings. The molecule has 156 valence electrons. The number of ether oxygens (including phenoxy) is 1. The number of aromatic nitrogens is 2. The van der Waals surface area contributed by atoms with Gasteiger partial charge in [-0.2, -0.15) is 0 Å². The van der Waals surface area contributed by atoms with Gasteiger partial charge in [-0.15, -0.1) is 0 Å². The zero-order valence-corrected chi connectivity index (χ0v) is 16.7. The number of hydrogen-bond donors (Lipinski definition) is 1. The van der Waals surface area contributed by atoms with Gasteiger partial charge in [-0.3, -0.25) is 4.79 Å². The summed E-state index contributed by atoms with van der Waals surface area (Å²) in [6.45, 7) is 1.29. The van der Waals surface area contributed by atoms with E-state index < -0.39 is 0 Å². The number of nitrogens with one attached hydrogen (secondary N) is 1. The van der Waals surface area contributed by atoms with Gasteiger partial charge in [0.15, 0.2) is 5.76 Å². The molecule has 1 amide bonds. The highest BCUT2D eigenvalue weighted by Crippen LogP contribution is 2.29. The number of aromatic amines is 1. The molecule has 1 aromatic carbocycles. The fraction of sp³-hybridized carbons (Fsp3) is 0.167. The summed E-state index contributed by atoms with van der Waals surface area (Å²) in [4.78, 5) is 22.1. The number of nitrogens with zero attached hydrogens (tertiary/aromatic N) is 2. The molecule has 0 aliphatic carbocycles. The van der Waals surface area contributed by atoms with Crippen LogP contribution in [0, 0.1) is 5.82 Å². The monoisotopic (exact) mass is 417 g/mol. The number of halogens is 1. The molecule has 7 heteroatoms. The minimum atomic E-state index is -0.321. The average molecular weight is 417 g/mol. The topological polar surface area (TPSA) is 71.4 Å². The van der Waals surface area contributed by atoms with E-state index in [0.29, 0.717) is 24.6 Å².